The third-order valence-electron chi connectivity index (χ3n) is 1.61. The van der Waals surface area contributed by atoms with Crippen molar-refractivity contribution in [3.05, 3.63) is 24.0 Å². The number of carbonyl (C=O) groups is 3. The zero-order valence-electron chi connectivity index (χ0n) is 7.90. The number of hydrogen-bond donors (Lipinski definition) is 1. The molecule has 1 heterocycles. The first-order valence-corrected chi connectivity index (χ1v) is 4.01. The average molecular weight is 194 g/mol. The summed E-state index contributed by atoms with van der Waals surface area (Å²) >= 11 is 0. The fourth-order valence-corrected chi connectivity index (χ4v) is 0.959. The van der Waals surface area contributed by atoms with Gasteiger partial charge in [0, 0.05) is 26.2 Å². The topological polar surface area (TPSA) is 68.2 Å². The van der Waals surface area contributed by atoms with Crippen LogP contribution in [-0.2, 0) is 4.79 Å². The van der Waals surface area contributed by atoms with Crippen molar-refractivity contribution in [1.82, 2.24) is 9.88 Å². The van der Waals surface area contributed by atoms with E-state index in [0.29, 0.717) is 0 Å². The minimum Gasteiger partial charge on any atom is -0.294 e. The third kappa shape index (κ3) is 2.29. The molecule has 5 nitrogen and oxygen atoms in total. The predicted molar refractivity (Wildman–Crippen MR) is 48.9 cm³/mol. The first-order valence-electron chi connectivity index (χ1n) is 4.01. The molecule has 0 aromatic carbocycles. The molecule has 1 aromatic rings. The first kappa shape index (κ1) is 10.2. The Balaban J connectivity index is 2.81. The Labute approximate surface area is 80.7 Å². The molecule has 2 amide bonds. The highest BCUT2D eigenvalue weighted by Gasteiger charge is 2.09. The van der Waals surface area contributed by atoms with E-state index in [2.05, 4.69) is 5.32 Å². The SMILES string of the molecule is CC(=O)NC(=O)c1ccn(C(C)=O)c1. The molecule has 0 saturated heterocycles. The van der Waals surface area contributed by atoms with Gasteiger partial charge in [0.05, 0.1) is 5.56 Å². The van der Waals surface area contributed by atoms with Crippen LogP contribution in [0.4, 0.5) is 0 Å². The van der Waals surface area contributed by atoms with Crippen LogP contribution in [0.3, 0.4) is 0 Å². The van der Waals surface area contributed by atoms with E-state index in [1.807, 2.05) is 0 Å². The fourth-order valence-electron chi connectivity index (χ4n) is 0.959. The summed E-state index contributed by atoms with van der Waals surface area (Å²) in [6.45, 7) is 2.63. The van der Waals surface area contributed by atoms with E-state index in [1.165, 1.54) is 36.9 Å². The number of rotatable bonds is 1. The van der Waals surface area contributed by atoms with Crippen molar-refractivity contribution < 1.29 is 14.4 Å². The van der Waals surface area contributed by atoms with Crippen molar-refractivity contribution in [2.75, 3.05) is 0 Å². The van der Waals surface area contributed by atoms with Crippen molar-refractivity contribution in [1.29, 1.82) is 0 Å². The fraction of sp³-hybridized carbons (Fsp3) is 0.222. The number of imide groups is 1. The van der Waals surface area contributed by atoms with E-state index in [9.17, 15) is 14.4 Å². The van der Waals surface area contributed by atoms with Crippen LogP contribution in [0.5, 0.6) is 0 Å². The smallest absolute Gasteiger partial charge is 0.259 e. The van der Waals surface area contributed by atoms with Crippen molar-refractivity contribution in [3.63, 3.8) is 0 Å². The molecule has 1 aromatic heterocycles. The van der Waals surface area contributed by atoms with Gasteiger partial charge in [-0.05, 0) is 6.07 Å². The molecule has 0 bridgehead atoms. The van der Waals surface area contributed by atoms with Crippen LogP contribution in [0.1, 0.15) is 29.0 Å². The summed E-state index contributed by atoms with van der Waals surface area (Å²) in [5.41, 5.74) is 0.287. The summed E-state index contributed by atoms with van der Waals surface area (Å²) in [6.07, 6.45) is 2.85. The Hall–Kier alpha value is -1.91. The maximum atomic E-state index is 11.2. The van der Waals surface area contributed by atoms with Gasteiger partial charge in [-0.25, -0.2) is 0 Å². The van der Waals surface area contributed by atoms with E-state index in [1.54, 1.807) is 0 Å². The Bertz CT molecular complexity index is 393. The maximum absolute atomic E-state index is 11.2. The number of amides is 2. The standard InChI is InChI=1S/C9H10N2O3/c1-6(12)10-9(14)8-3-4-11(5-8)7(2)13/h3-5H,1-2H3,(H,10,12,14). The quantitative estimate of drug-likeness (QED) is 0.704. The van der Waals surface area contributed by atoms with Crippen LogP contribution in [0.15, 0.2) is 18.5 Å². The van der Waals surface area contributed by atoms with Crippen LogP contribution >= 0.6 is 0 Å². The van der Waals surface area contributed by atoms with Crippen LogP contribution in [0, 0.1) is 0 Å². The minimum atomic E-state index is -0.502. The Morgan fingerprint density at radius 2 is 1.93 bits per heavy atom. The largest absolute Gasteiger partial charge is 0.294 e. The second-order valence-corrected chi connectivity index (χ2v) is 2.84. The lowest BCUT2D eigenvalue weighted by atomic mass is 10.3. The van der Waals surface area contributed by atoms with Gasteiger partial charge >= 0.3 is 0 Å². The molecular weight excluding hydrogens is 184 g/mol. The Morgan fingerprint density at radius 3 is 2.36 bits per heavy atom. The molecule has 0 fully saturated rings. The lowest BCUT2D eigenvalue weighted by molar-refractivity contribution is -0.118. The monoisotopic (exact) mass is 194 g/mol. The van der Waals surface area contributed by atoms with Gasteiger partial charge < -0.3 is 0 Å². The zero-order chi connectivity index (χ0) is 10.7. The molecule has 0 unspecified atom stereocenters. The molecule has 0 aliphatic carbocycles. The predicted octanol–water partition coefficient (Wildman–Crippen LogP) is 0.425. The molecule has 0 spiro atoms. The van der Waals surface area contributed by atoms with Gasteiger partial charge in [0.15, 0.2) is 0 Å². The van der Waals surface area contributed by atoms with E-state index in [-0.39, 0.29) is 11.5 Å². The summed E-state index contributed by atoms with van der Waals surface area (Å²) < 4.78 is 1.27. The van der Waals surface area contributed by atoms with E-state index >= 15 is 0 Å². The molecule has 0 atom stereocenters. The Morgan fingerprint density at radius 1 is 1.29 bits per heavy atom. The molecule has 0 radical (unpaired) electrons. The summed E-state index contributed by atoms with van der Waals surface area (Å²) in [5.74, 6) is -1.12. The van der Waals surface area contributed by atoms with Crippen molar-refractivity contribution >= 4 is 17.7 Å². The molecule has 14 heavy (non-hydrogen) atoms. The number of carbonyl (C=O) groups excluding carboxylic acids is 3. The van der Waals surface area contributed by atoms with Crippen molar-refractivity contribution in [3.8, 4) is 0 Å². The lowest BCUT2D eigenvalue weighted by Gasteiger charge is -1.96. The molecule has 5 heteroatoms. The van der Waals surface area contributed by atoms with Crippen molar-refractivity contribution in [2.24, 2.45) is 0 Å². The van der Waals surface area contributed by atoms with Gasteiger partial charge in [0.25, 0.3) is 5.91 Å². The highest BCUT2D eigenvalue weighted by molar-refractivity contribution is 6.04. The molecule has 0 aliphatic rings. The number of nitrogens with one attached hydrogen (secondary N) is 1. The number of hydrogen-bond acceptors (Lipinski definition) is 3. The van der Waals surface area contributed by atoms with Crippen LogP contribution in [-0.4, -0.2) is 22.3 Å². The van der Waals surface area contributed by atoms with Gasteiger partial charge in [-0.15, -0.1) is 0 Å². The van der Waals surface area contributed by atoms with Crippen LogP contribution < -0.4 is 5.32 Å². The lowest BCUT2D eigenvalue weighted by Crippen LogP contribution is -2.27. The number of aromatic nitrogens is 1. The summed E-state index contributed by atoms with van der Waals surface area (Å²) in [7, 11) is 0. The molecule has 0 aliphatic heterocycles. The molecule has 1 N–H and O–H groups in total. The zero-order valence-corrected chi connectivity index (χ0v) is 7.90. The second-order valence-electron chi connectivity index (χ2n) is 2.84. The minimum absolute atomic E-state index is 0.188. The van der Waals surface area contributed by atoms with E-state index in [0.717, 1.165) is 0 Å². The molecular formula is C9H10N2O3. The van der Waals surface area contributed by atoms with E-state index in [4.69, 9.17) is 0 Å². The van der Waals surface area contributed by atoms with Gasteiger partial charge in [-0.2, -0.15) is 0 Å². The summed E-state index contributed by atoms with van der Waals surface area (Å²) in [4.78, 5) is 32.7. The van der Waals surface area contributed by atoms with Crippen molar-refractivity contribution in [2.45, 2.75) is 13.8 Å². The highest BCUT2D eigenvalue weighted by atomic mass is 16.2. The Kier molecular flexibility index (Phi) is 2.81. The molecule has 1 rings (SSSR count). The second kappa shape index (κ2) is 3.87. The third-order valence-corrected chi connectivity index (χ3v) is 1.61. The summed E-state index contributed by atoms with van der Waals surface area (Å²) in [6, 6.07) is 1.47. The van der Waals surface area contributed by atoms with Gasteiger partial charge in [0.1, 0.15) is 0 Å². The maximum Gasteiger partial charge on any atom is 0.259 e. The average Bonchev–Trinajstić information content (AvgIpc) is 2.50. The highest BCUT2D eigenvalue weighted by Crippen LogP contribution is 2.00. The molecule has 74 valence electrons. The van der Waals surface area contributed by atoms with Gasteiger partial charge in [-0.1, -0.05) is 0 Å². The first-order chi connectivity index (χ1) is 6.50. The van der Waals surface area contributed by atoms with Crippen LogP contribution in [0.25, 0.3) is 0 Å². The van der Waals surface area contributed by atoms with Gasteiger partial charge in [-0.3, -0.25) is 24.3 Å². The van der Waals surface area contributed by atoms with E-state index < -0.39 is 11.8 Å². The summed E-state index contributed by atoms with van der Waals surface area (Å²) in [5, 5.41) is 2.11. The van der Waals surface area contributed by atoms with Gasteiger partial charge in [0.2, 0.25) is 11.8 Å². The molecule has 0 saturated carbocycles. The van der Waals surface area contributed by atoms with Crippen LogP contribution in [0.2, 0.25) is 0 Å². The number of nitrogens with zero attached hydrogens (tertiary/aromatic N) is 1. The normalized spacial score (nSPS) is 9.57.